The van der Waals surface area contributed by atoms with E-state index in [1.807, 2.05) is 18.2 Å². The Balaban J connectivity index is 1.99. The molecule has 1 heterocycles. The number of aryl methyl sites for hydroxylation is 1. The molecule has 2 nitrogen and oxygen atoms in total. The van der Waals surface area contributed by atoms with Crippen LogP contribution < -0.4 is 10.1 Å². The number of hydrogen-bond acceptors (Lipinski definition) is 2. The summed E-state index contributed by atoms with van der Waals surface area (Å²) in [5.74, 6) is 1.04. The van der Waals surface area contributed by atoms with E-state index < -0.39 is 0 Å². The van der Waals surface area contributed by atoms with Crippen molar-refractivity contribution in [1.82, 2.24) is 5.32 Å². The van der Waals surface area contributed by atoms with Crippen LogP contribution in [0, 0.1) is 0 Å². The summed E-state index contributed by atoms with van der Waals surface area (Å²) in [7, 11) is 0. The molecule has 1 aliphatic rings. The average Bonchev–Trinajstić information content (AvgIpc) is 2.49. The smallest absolute Gasteiger partial charge is 0.122 e. The quantitative estimate of drug-likeness (QED) is 0.760. The van der Waals surface area contributed by atoms with Gasteiger partial charge in [0.1, 0.15) is 12.4 Å². The predicted octanol–water partition coefficient (Wildman–Crippen LogP) is 2.16. The molecule has 0 spiro atoms. The van der Waals surface area contributed by atoms with Crippen molar-refractivity contribution < 1.29 is 4.74 Å². The second kappa shape index (κ2) is 4.99. The molecular formula is C13H17NO. The molecule has 0 bridgehead atoms. The van der Waals surface area contributed by atoms with Gasteiger partial charge in [-0.05, 0) is 24.5 Å². The van der Waals surface area contributed by atoms with Crippen LogP contribution in [0.5, 0.6) is 5.75 Å². The van der Waals surface area contributed by atoms with Crippen LogP contribution in [0.15, 0.2) is 36.9 Å². The van der Waals surface area contributed by atoms with Crippen molar-refractivity contribution in [3.05, 3.63) is 42.5 Å². The van der Waals surface area contributed by atoms with Gasteiger partial charge >= 0.3 is 0 Å². The molecule has 2 heteroatoms. The molecular weight excluding hydrogens is 186 g/mol. The molecule has 2 rings (SSSR count). The van der Waals surface area contributed by atoms with Crippen LogP contribution in [0.25, 0.3) is 0 Å². The molecule has 1 aliphatic heterocycles. The average molecular weight is 203 g/mol. The first-order chi connectivity index (χ1) is 7.40. The Labute approximate surface area is 91.0 Å². The van der Waals surface area contributed by atoms with E-state index in [2.05, 4.69) is 24.0 Å². The summed E-state index contributed by atoms with van der Waals surface area (Å²) >= 11 is 0. The van der Waals surface area contributed by atoms with E-state index in [9.17, 15) is 0 Å². The summed E-state index contributed by atoms with van der Waals surface area (Å²) in [4.78, 5) is 0. The molecule has 1 atom stereocenters. The summed E-state index contributed by atoms with van der Waals surface area (Å²) in [6.45, 7) is 5.31. The molecule has 0 saturated carbocycles. The Bertz CT molecular complexity index is 308. The highest BCUT2D eigenvalue weighted by Crippen LogP contribution is 2.23. The van der Waals surface area contributed by atoms with E-state index >= 15 is 0 Å². The lowest BCUT2D eigenvalue weighted by Gasteiger charge is -2.14. The Morgan fingerprint density at radius 2 is 2.33 bits per heavy atom. The maximum absolute atomic E-state index is 5.76. The van der Waals surface area contributed by atoms with Gasteiger partial charge in [0, 0.05) is 12.6 Å². The van der Waals surface area contributed by atoms with Crippen molar-refractivity contribution in [2.24, 2.45) is 0 Å². The standard InChI is InChI=1S/C13H17NO/c1-2-9-14-12-8-7-11-5-3-4-6-13(11)15-10-12/h2-6,12,14H,1,7-10H2. The van der Waals surface area contributed by atoms with E-state index in [1.165, 1.54) is 5.56 Å². The molecule has 15 heavy (non-hydrogen) atoms. The number of para-hydroxylation sites is 1. The van der Waals surface area contributed by atoms with Crippen molar-refractivity contribution in [1.29, 1.82) is 0 Å². The van der Waals surface area contributed by atoms with Crippen LogP contribution in [0.2, 0.25) is 0 Å². The van der Waals surface area contributed by atoms with Gasteiger partial charge in [-0.2, -0.15) is 0 Å². The Hall–Kier alpha value is -1.28. The molecule has 1 N–H and O–H groups in total. The number of nitrogens with one attached hydrogen (secondary N) is 1. The molecule has 0 radical (unpaired) electrons. The number of fused-ring (bicyclic) bond motifs is 1. The van der Waals surface area contributed by atoms with Gasteiger partial charge in [0.15, 0.2) is 0 Å². The van der Waals surface area contributed by atoms with Crippen molar-refractivity contribution >= 4 is 0 Å². The monoisotopic (exact) mass is 203 g/mol. The number of hydrogen-bond donors (Lipinski definition) is 1. The zero-order valence-electron chi connectivity index (χ0n) is 8.91. The van der Waals surface area contributed by atoms with Crippen LogP contribution in [0.3, 0.4) is 0 Å². The Morgan fingerprint density at radius 3 is 3.20 bits per heavy atom. The van der Waals surface area contributed by atoms with Crippen molar-refractivity contribution in [2.75, 3.05) is 13.2 Å². The van der Waals surface area contributed by atoms with Gasteiger partial charge in [-0.3, -0.25) is 0 Å². The van der Waals surface area contributed by atoms with Crippen LogP contribution in [0.4, 0.5) is 0 Å². The Kier molecular flexibility index (Phi) is 3.41. The fourth-order valence-corrected chi connectivity index (χ4v) is 1.87. The van der Waals surface area contributed by atoms with Gasteiger partial charge in [0.05, 0.1) is 0 Å². The number of benzene rings is 1. The number of ether oxygens (including phenoxy) is 1. The molecule has 1 aromatic carbocycles. The molecule has 0 amide bonds. The summed E-state index contributed by atoms with van der Waals surface area (Å²) in [6, 6.07) is 8.72. The van der Waals surface area contributed by atoms with Crippen molar-refractivity contribution in [3.8, 4) is 5.75 Å². The Morgan fingerprint density at radius 1 is 1.47 bits per heavy atom. The van der Waals surface area contributed by atoms with Gasteiger partial charge < -0.3 is 10.1 Å². The first-order valence-electron chi connectivity index (χ1n) is 5.45. The van der Waals surface area contributed by atoms with Crippen molar-refractivity contribution in [3.63, 3.8) is 0 Å². The predicted molar refractivity (Wildman–Crippen MR) is 62.2 cm³/mol. The lowest BCUT2D eigenvalue weighted by atomic mass is 10.1. The second-order valence-electron chi connectivity index (χ2n) is 3.85. The van der Waals surface area contributed by atoms with E-state index in [0.717, 1.165) is 31.7 Å². The van der Waals surface area contributed by atoms with Crippen LogP contribution >= 0.6 is 0 Å². The first-order valence-corrected chi connectivity index (χ1v) is 5.45. The molecule has 1 aromatic rings. The fraction of sp³-hybridized carbons (Fsp3) is 0.385. The minimum atomic E-state index is 0.440. The maximum atomic E-state index is 5.76. The van der Waals surface area contributed by atoms with E-state index in [1.54, 1.807) is 0 Å². The van der Waals surface area contributed by atoms with Gasteiger partial charge in [0.25, 0.3) is 0 Å². The summed E-state index contributed by atoms with van der Waals surface area (Å²) in [6.07, 6.45) is 4.11. The summed E-state index contributed by atoms with van der Waals surface area (Å²) in [5, 5.41) is 3.40. The fourth-order valence-electron chi connectivity index (χ4n) is 1.87. The largest absolute Gasteiger partial charge is 0.492 e. The minimum Gasteiger partial charge on any atom is -0.492 e. The van der Waals surface area contributed by atoms with Gasteiger partial charge in [-0.1, -0.05) is 24.3 Å². The zero-order valence-corrected chi connectivity index (χ0v) is 8.91. The summed E-state index contributed by atoms with van der Waals surface area (Å²) < 4.78 is 5.76. The van der Waals surface area contributed by atoms with Crippen molar-refractivity contribution in [2.45, 2.75) is 18.9 Å². The minimum absolute atomic E-state index is 0.440. The summed E-state index contributed by atoms with van der Waals surface area (Å²) in [5.41, 5.74) is 1.32. The SMILES string of the molecule is C=CCNC1CCc2ccccc2OC1. The van der Waals surface area contributed by atoms with E-state index in [0.29, 0.717) is 6.04 Å². The lowest BCUT2D eigenvalue weighted by molar-refractivity contribution is 0.272. The van der Waals surface area contributed by atoms with Gasteiger partial charge in [-0.15, -0.1) is 6.58 Å². The van der Waals surface area contributed by atoms with E-state index in [-0.39, 0.29) is 0 Å². The molecule has 0 aromatic heterocycles. The highest BCUT2D eigenvalue weighted by molar-refractivity contribution is 5.34. The highest BCUT2D eigenvalue weighted by atomic mass is 16.5. The topological polar surface area (TPSA) is 21.3 Å². The third kappa shape index (κ3) is 2.60. The molecule has 0 fully saturated rings. The number of rotatable bonds is 3. The van der Waals surface area contributed by atoms with Gasteiger partial charge in [0.2, 0.25) is 0 Å². The molecule has 0 aliphatic carbocycles. The normalized spacial score (nSPS) is 19.9. The first kappa shape index (κ1) is 10.2. The maximum Gasteiger partial charge on any atom is 0.122 e. The zero-order chi connectivity index (χ0) is 10.5. The molecule has 1 unspecified atom stereocenters. The van der Waals surface area contributed by atoms with Crippen LogP contribution in [-0.4, -0.2) is 19.2 Å². The molecule has 80 valence electrons. The highest BCUT2D eigenvalue weighted by Gasteiger charge is 2.15. The third-order valence-electron chi connectivity index (χ3n) is 2.73. The van der Waals surface area contributed by atoms with E-state index in [4.69, 9.17) is 4.74 Å². The third-order valence-corrected chi connectivity index (χ3v) is 2.73. The second-order valence-corrected chi connectivity index (χ2v) is 3.85. The lowest BCUT2D eigenvalue weighted by Crippen LogP contribution is -2.34. The van der Waals surface area contributed by atoms with Crippen LogP contribution in [-0.2, 0) is 6.42 Å². The van der Waals surface area contributed by atoms with Gasteiger partial charge in [-0.25, -0.2) is 0 Å². The molecule has 0 saturated heterocycles. The van der Waals surface area contributed by atoms with Crippen LogP contribution in [0.1, 0.15) is 12.0 Å².